The number of H-pyrrole nitrogens is 1. The number of fused-ring (bicyclic) bond motifs is 2. The number of hydrogen-bond acceptors (Lipinski definition) is 7. The van der Waals surface area contributed by atoms with Crippen molar-refractivity contribution >= 4 is 5.69 Å². The maximum absolute atomic E-state index is 15.3. The highest BCUT2D eigenvalue weighted by Crippen LogP contribution is 2.46. The van der Waals surface area contributed by atoms with E-state index in [0.717, 1.165) is 55.3 Å². The Morgan fingerprint density at radius 1 is 0.950 bits per heavy atom. The van der Waals surface area contributed by atoms with Gasteiger partial charge in [0.05, 0.1) is 18.4 Å². The summed E-state index contributed by atoms with van der Waals surface area (Å²) in [5.41, 5.74) is 4.81. The maximum Gasteiger partial charge on any atom is 0.387 e. The van der Waals surface area contributed by atoms with Gasteiger partial charge >= 0.3 is 6.61 Å². The summed E-state index contributed by atoms with van der Waals surface area (Å²) in [5.74, 6) is 0.298. The molecule has 3 aliphatic heterocycles. The summed E-state index contributed by atoms with van der Waals surface area (Å²) in [6.45, 7) is -2.52. The van der Waals surface area contributed by atoms with Gasteiger partial charge in [0.25, 0.3) is 0 Å². The molecule has 0 spiro atoms. The smallest absolute Gasteiger partial charge is 0.387 e. The highest BCUT2D eigenvalue weighted by atomic mass is 19.3. The van der Waals surface area contributed by atoms with Crippen LogP contribution in [-0.2, 0) is 11.3 Å². The zero-order valence-electron chi connectivity index (χ0n) is 21.7. The molecule has 2 saturated heterocycles. The van der Waals surface area contributed by atoms with E-state index in [0.29, 0.717) is 29.3 Å². The molecule has 0 amide bonds. The lowest BCUT2D eigenvalue weighted by molar-refractivity contribution is -0.0494. The highest BCUT2D eigenvalue weighted by molar-refractivity contribution is 5.74. The van der Waals surface area contributed by atoms with Gasteiger partial charge in [0.1, 0.15) is 11.6 Å². The Morgan fingerprint density at radius 3 is 2.40 bits per heavy atom. The molecule has 2 aromatic carbocycles. The Hall–Kier alpha value is -3.73. The molecule has 2 unspecified atom stereocenters. The van der Waals surface area contributed by atoms with Crippen LogP contribution in [0.15, 0.2) is 69.3 Å². The molecule has 1 aliphatic carbocycles. The van der Waals surface area contributed by atoms with E-state index in [4.69, 9.17) is 9.47 Å². The highest BCUT2D eigenvalue weighted by Gasteiger charge is 2.42. The minimum Gasteiger partial charge on any atom is -0.434 e. The van der Waals surface area contributed by atoms with Crippen molar-refractivity contribution in [3.8, 4) is 16.9 Å². The lowest BCUT2D eigenvalue weighted by Crippen LogP contribution is -2.46. The standard InChI is InChI=1S/C29H29F3N6O2/c30-24-11-17(28-34-36-37-35-28)7-10-25(24)38-18-8-9-19(38)13-20(12-18)39-15-23-22(14-33-27(23)16-5-6-16)21-3-1-2-4-26(21)40-29(31)32/h1-4,7,10-11,14,16,18-20,28-29,33H,5-6,8-9,12-13,15H2. The number of aromatic nitrogens is 1. The molecule has 4 heterocycles. The molecule has 3 fully saturated rings. The van der Waals surface area contributed by atoms with Gasteiger partial charge in [-0.05, 0) is 73.1 Å². The number of nitrogens with one attached hydrogen (secondary N) is 1. The van der Waals surface area contributed by atoms with Gasteiger partial charge < -0.3 is 19.4 Å². The Bertz CT molecular complexity index is 1430. The molecule has 2 atom stereocenters. The second kappa shape index (κ2) is 10.3. The van der Waals surface area contributed by atoms with Crippen LogP contribution in [0.4, 0.5) is 18.9 Å². The molecule has 40 heavy (non-hydrogen) atoms. The number of nitrogens with zero attached hydrogens (tertiary/aromatic N) is 5. The van der Waals surface area contributed by atoms with E-state index in [1.165, 1.54) is 6.07 Å². The van der Waals surface area contributed by atoms with Gasteiger partial charge in [0, 0.05) is 46.2 Å². The number of anilines is 1. The minimum absolute atomic E-state index is 0.0257. The predicted octanol–water partition coefficient (Wildman–Crippen LogP) is 7.85. The van der Waals surface area contributed by atoms with Crippen molar-refractivity contribution < 1.29 is 22.6 Å². The molecule has 3 aromatic rings. The molecule has 1 N–H and O–H groups in total. The van der Waals surface area contributed by atoms with E-state index >= 15 is 4.39 Å². The van der Waals surface area contributed by atoms with E-state index in [-0.39, 0.29) is 29.8 Å². The van der Waals surface area contributed by atoms with Crippen LogP contribution in [-0.4, -0.2) is 29.8 Å². The lowest BCUT2D eigenvalue weighted by Gasteiger charge is -2.40. The van der Waals surface area contributed by atoms with Crippen molar-refractivity contribution in [2.45, 2.75) is 82.0 Å². The first-order valence-electron chi connectivity index (χ1n) is 13.8. The molecule has 8 nitrogen and oxygen atoms in total. The molecule has 4 aliphatic rings. The zero-order valence-corrected chi connectivity index (χ0v) is 21.7. The fraction of sp³-hybridized carbons (Fsp3) is 0.448. The maximum atomic E-state index is 15.3. The second-order valence-electron chi connectivity index (χ2n) is 10.9. The number of alkyl halides is 2. The molecule has 208 valence electrons. The number of rotatable bonds is 9. The second-order valence-corrected chi connectivity index (χ2v) is 10.9. The SMILES string of the molecule is Fc1cc(C2N=NN=N2)ccc1N1C2CCC1CC(OCc1c(-c3ccccc3OC(F)F)c[nH]c1C1CC1)C2. The normalized spacial score (nSPS) is 24.0. The van der Waals surface area contributed by atoms with Gasteiger partial charge in [-0.25, -0.2) is 4.39 Å². The Balaban J connectivity index is 1.08. The number of para-hydroxylation sites is 1. The number of ether oxygens (including phenoxy) is 2. The van der Waals surface area contributed by atoms with Crippen molar-refractivity contribution in [2.24, 2.45) is 20.7 Å². The number of halogens is 3. The van der Waals surface area contributed by atoms with Crippen molar-refractivity contribution in [2.75, 3.05) is 4.90 Å². The first-order chi connectivity index (χ1) is 19.5. The van der Waals surface area contributed by atoms with Crippen LogP contribution >= 0.6 is 0 Å². The quantitative estimate of drug-likeness (QED) is 0.294. The number of benzene rings is 2. The van der Waals surface area contributed by atoms with Crippen molar-refractivity contribution in [1.29, 1.82) is 0 Å². The Morgan fingerprint density at radius 2 is 1.70 bits per heavy atom. The van der Waals surface area contributed by atoms with Gasteiger partial charge in [0.15, 0.2) is 0 Å². The van der Waals surface area contributed by atoms with Crippen LogP contribution in [0.5, 0.6) is 5.75 Å². The first kappa shape index (κ1) is 25.3. The van der Waals surface area contributed by atoms with Gasteiger partial charge in [-0.3, -0.25) is 0 Å². The molecule has 2 bridgehead atoms. The van der Waals surface area contributed by atoms with Crippen molar-refractivity contribution in [3.63, 3.8) is 0 Å². The average Bonchev–Trinajstić information content (AvgIpc) is 3.35. The third kappa shape index (κ3) is 4.76. The van der Waals surface area contributed by atoms with Crippen molar-refractivity contribution in [3.05, 3.63) is 71.3 Å². The summed E-state index contributed by atoms with van der Waals surface area (Å²) < 4.78 is 52.8. The molecule has 1 aromatic heterocycles. The largest absolute Gasteiger partial charge is 0.434 e. The minimum atomic E-state index is -2.90. The van der Waals surface area contributed by atoms with Crippen molar-refractivity contribution in [1.82, 2.24) is 4.98 Å². The molecule has 11 heteroatoms. The van der Waals surface area contributed by atoms with Crippen LogP contribution in [0.1, 0.15) is 67.4 Å². The summed E-state index contributed by atoms with van der Waals surface area (Å²) in [7, 11) is 0. The summed E-state index contributed by atoms with van der Waals surface area (Å²) in [6.07, 6.45) is 7.09. The van der Waals surface area contributed by atoms with Gasteiger partial charge in [-0.15, -0.1) is 10.2 Å². The van der Waals surface area contributed by atoms with Crippen LogP contribution in [0.25, 0.3) is 11.1 Å². The van der Waals surface area contributed by atoms with E-state index in [2.05, 4.69) is 30.6 Å². The molecule has 1 saturated carbocycles. The fourth-order valence-electron chi connectivity index (χ4n) is 6.54. The number of aromatic amines is 1. The van der Waals surface area contributed by atoms with Crippen LogP contribution in [0.3, 0.4) is 0 Å². The summed E-state index contributed by atoms with van der Waals surface area (Å²) in [5, 5.41) is 14.8. The topological polar surface area (TPSA) is 86.9 Å². The van der Waals surface area contributed by atoms with Crippen LogP contribution in [0.2, 0.25) is 0 Å². The van der Waals surface area contributed by atoms with Gasteiger partial charge in [-0.2, -0.15) is 8.78 Å². The third-order valence-electron chi connectivity index (χ3n) is 8.46. The molecular weight excluding hydrogens is 521 g/mol. The third-order valence-corrected chi connectivity index (χ3v) is 8.46. The number of hydrogen-bond donors (Lipinski definition) is 1. The Kier molecular flexibility index (Phi) is 6.53. The van der Waals surface area contributed by atoms with E-state index in [9.17, 15) is 8.78 Å². The monoisotopic (exact) mass is 550 g/mol. The van der Waals surface area contributed by atoms with E-state index in [1.54, 1.807) is 18.2 Å². The van der Waals surface area contributed by atoms with Crippen LogP contribution < -0.4 is 9.64 Å². The lowest BCUT2D eigenvalue weighted by atomic mass is 9.97. The van der Waals surface area contributed by atoms with Crippen LogP contribution in [0, 0.1) is 5.82 Å². The van der Waals surface area contributed by atoms with E-state index in [1.807, 2.05) is 24.4 Å². The summed E-state index contributed by atoms with van der Waals surface area (Å²) >= 11 is 0. The van der Waals surface area contributed by atoms with Gasteiger partial charge in [0.2, 0.25) is 6.17 Å². The fourth-order valence-corrected chi connectivity index (χ4v) is 6.54. The number of piperidine rings is 1. The molecular formula is C29H29F3N6O2. The molecule has 7 rings (SSSR count). The summed E-state index contributed by atoms with van der Waals surface area (Å²) in [4.78, 5) is 5.61. The Labute approximate surface area is 229 Å². The average molecular weight is 551 g/mol. The predicted molar refractivity (Wildman–Crippen MR) is 141 cm³/mol. The van der Waals surface area contributed by atoms with Gasteiger partial charge in [-0.1, -0.05) is 24.3 Å². The first-order valence-corrected chi connectivity index (χ1v) is 13.8. The molecule has 0 radical (unpaired) electrons. The zero-order chi connectivity index (χ0) is 27.2. The summed E-state index contributed by atoms with van der Waals surface area (Å²) in [6, 6.07) is 12.4. The van der Waals surface area contributed by atoms with E-state index < -0.39 is 12.8 Å².